The Hall–Kier alpha value is -2.43. The highest BCUT2D eigenvalue weighted by Gasteiger charge is 2.12. The van der Waals surface area contributed by atoms with Gasteiger partial charge in [-0.1, -0.05) is 0 Å². The number of carboxylic acid groups (broad SMARTS) is 1. The number of nitrogens with zero attached hydrogens (tertiary/aromatic N) is 2. The first-order chi connectivity index (χ1) is 8.63. The Morgan fingerprint density at radius 3 is 2.83 bits per heavy atom. The van der Waals surface area contributed by atoms with E-state index in [0.29, 0.717) is 12.2 Å². The molecule has 0 saturated carbocycles. The van der Waals surface area contributed by atoms with Gasteiger partial charge >= 0.3 is 5.97 Å². The quantitative estimate of drug-likeness (QED) is 0.890. The van der Waals surface area contributed by atoms with Gasteiger partial charge in [-0.05, 0) is 19.1 Å². The fourth-order valence-electron chi connectivity index (χ4n) is 1.76. The number of carbonyl (C=O) groups is 1. The van der Waals surface area contributed by atoms with Crippen LogP contribution in [0, 0.1) is 0 Å². The van der Waals surface area contributed by atoms with Gasteiger partial charge in [0.25, 0.3) is 0 Å². The first-order valence-electron chi connectivity index (χ1n) is 5.51. The maximum Gasteiger partial charge on any atom is 0.341 e. The van der Waals surface area contributed by atoms with E-state index < -0.39 is 11.4 Å². The van der Waals surface area contributed by atoms with E-state index in [1.807, 2.05) is 13.0 Å². The van der Waals surface area contributed by atoms with E-state index >= 15 is 0 Å². The van der Waals surface area contributed by atoms with Crippen LogP contribution >= 0.6 is 0 Å². The molecule has 2 heterocycles. The smallest absolute Gasteiger partial charge is 0.341 e. The summed E-state index contributed by atoms with van der Waals surface area (Å²) in [6.07, 6.45) is 4.65. The zero-order chi connectivity index (χ0) is 13.1. The minimum Gasteiger partial charge on any atom is -0.477 e. The zero-order valence-electron chi connectivity index (χ0n) is 9.83. The molecule has 5 heteroatoms. The lowest BCUT2D eigenvalue weighted by Crippen LogP contribution is -2.18. The second-order valence-corrected chi connectivity index (χ2v) is 3.77. The van der Waals surface area contributed by atoms with E-state index in [-0.39, 0.29) is 5.56 Å². The van der Waals surface area contributed by atoms with Crippen LogP contribution in [0.5, 0.6) is 0 Å². The van der Waals surface area contributed by atoms with Crippen molar-refractivity contribution < 1.29 is 9.90 Å². The first kappa shape index (κ1) is 12.0. The summed E-state index contributed by atoms with van der Waals surface area (Å²) in [7, 11) is 0. The first-order valence-corrected chi connectivity index (χ1v) is 5.51. The molecule has 0 aromatic carbocycles. The zero-order valence-corrected chi connectivity index (χ0v) is 9.83. The highest BCUT2D eigenvalue weighted by Crippen LogP contribution is 2.16. The average Bonchev–Trinajstić information content (AvgIpc) is 2.39. The van der Waals surface area contributed by atoms with Crippen LogP contribution in [-0.4, -0.2) is 20.6 Å². The molecule has 0 radical (unpaired) electrons. The summed E-state index contributed by atoms with van der Waals surface area (Å²) in [4.78, 5) is 26.6. The molecule has 0 aliphatic heterocycles. The number of hydrogen-bond acceptors (Lipinski definition) is 3. The van der Waals surface area contributed by atoms with Crippen LogP contribution in [0.3, 0.4) is 0 Å². The van der Waals surface area contributed by atoms with Gasteiger partial charge in [0, 0.05) is 36.8 Å². The summed E-state index contributed by atoms with van der Waals surface area (Å²) in [5, 5.41) is 8.92. The molecule has 0 amide bonds. The molecular weight excluding hydrogens is 232 g/mol. The highest BCUT2D eigenvalue weighted by atomic mass is 16.4. The Kier molecular flexibility index (Phi) is 3.23. The topological polar surface area (TPSA) is 72.2 Å². The molecule has 5 nitrogen and oxygen atoms in total. The average molecular weight is 244 g/mol. The van der Waals surface area contributed by atoms with Crippen molar-refractivity contribution in [2.45, 2.75) is 13.5 Å². The van der Waals surface area contributed by atoms with Crippen molar-refractivity contribution in [1.82, 2.24) is 9.55 Å². The van der Waals surface area contributed by atoms with Crippen molar-refractivity contribution >= 4 is 5.97 Å². The Labute approximate surface area is 103 Å². The lowest BCUT2D eigenvalue weighted by molar-refractivity contribution is 0.0694. The molecule has 0 atom stereocenters. The molecule has 0 spiro atoms. The third-order valence-electron chi connectivity index (χ3n) is 2.66. The van der Waals surface area contributed by atoms with Crippen molar-refractivity contribution in [3.8, 4) is 11.3 Å². The molecule has 18 heavy (non-hydrogen) atoms. The van der Waals surface area contributed by atoms with E-state index in [1.54, 1.807) is 23.0 Å². The lowest BCUT2D eigenvalue weighted by Gasteiger charge is -2.11. The molecule has 0 aliphatic carbocycles. The Bertz CT molecular complexity index is 632. The highest BCUT2D eigenvalue weighted by molar-refractivity contribution is 5.87. The largest absolute Gasteiger partial charge is 0.477 e. The molecule has 0 saturated heterocycles. The van der Waals surface area contributed by atoms with Crippen LogP contribution in [0.15, 0.2) is 41.6 Å². The number of aromatic nitrogens is 2. The van der Waals surface area contributed by atoms with E-state index in [1.165, 1.54) is 12.3 Å². The number of carboxylic acids is 1. The second-order valence-electron chi connectivity index (χ2n) is 3.77. The van der Waals surface area contributed by atoms with Crippen molar-refractivity contribution in [3.05, 3.63) is 52.6 Å². The molecule has 0 aliphatic rings. The summed E-state index contributed by atoms with van der Waals surface area (Å²) >= 11 is 0. The van der Waals surface area contributed by atoms with Crippen LogP contribution in [0.4, 0.5) is 0 Å². The number of rotatable bonds is 3. The van der Waals surface area contributed by atoms with Gasteiger partial charge in [-0.2, -0.15) is 0 Å². The minimum absolute atomic E-state index is 0.218. The van der Waals surface area contributed by atoms with Gasteiger partial charge in [0.05, 0.1) is 5.69 Å². The van der Waals surface area contributed by atoms with Gasteiger partial charge in [-0.15, -0.1) is 0 Å². The van der Waals surface area contributed by atoms with Gasteiger partial charge < -0.3 is 9.67 Å². The summed E-state index contributed by atoms with van der Waals surface area (Å²) < 4.78 is 1.72. The van der Waals surface area contributed by atoms with Crippen LogP contribution < -0.4 is 5.43 Å². The number of pyridine rings is 2. The normalized spacial score (nSPS) is 10.3. The van der Waals surface area contributed by atoms with Crippen molar-refractivity contribution in [2.75, 3.05) is 0 Å². The Morgan fingerprint density at radius 2 is 2.28 bits per heavy atom. The van der Waals surface area contributed by atoms with Crippen LogP contribution in [0.25, 0.3) is 11.3 Å². The van der Waals surface area contributed by atoms with E-state index in [2.05, 4.69) is 4.98 Å². The third kappa shape index (κ3) is 2.15. The van der Waals surface area contributed by atoms with Crippen molar-refractivity contribution in [3.63, 3.8) is 0 Å². The molecule has 0 unspecified atom stereocenters. The Balaban J connectivity index is 2.66. The predicted molar refractivity (Wildman–Crippen MR) is 66.6 cm³/mol. The van der Waals surface area contributed by atoms with Crippen LogP contribution in [0.1, 0.15) is 17.3 Å². The van der Waals surface area contributed by atoms with Crippen LogP contribution in [0.2, 0.25) is 0 Å². The maximum atomic E-state index is 11.7. The molecule has 92 valence electrons. The van der Waals surface area contributed by atoms with E-state index in [9.17, 15) is 9.59 Å². The second kappa shape index (κ2) is 4.83. The molecule has 0 fully saturated rings. The number of aryl methyl sites for hydroxylation is 1. The van der Waals surface area contributed by atoms with Gasteiger partial charge in [-0.3, -0.25) is 9.78 Å². The van der Waals surface area contributed by atoms with Crippen molar-refractivity contribution in [2.24, 2.45) is 0 Å². The fourth-order valence-corrected chi connectivity index (χ4v) is 1.76. The van der Waals surface area contributed by atoms with Crippen molar-refractivity contribution in [1.29, 1.82) is 0 Å². The van der Waals surface area contributed by atoms with Gasteiger partial charge in [-0.25, -0.2) is 4.79 Å². The van der Waals surface area contributed by atoms with E-state index in [4.69, 9.17) is 5.11 Å². The monoisotopic (exact) mass is 244 g/mol. The van der Waals surface area contributed by atoms with Gasteiger partial charge in [0.1, 0.15) is 5.56 Å². The molecular formula is C13H12N2O3. The lowest BCUT2D eigenvalue weighted by atomic mass is 10.1. The van der Waals surface area contributed by atoms with Gasteiger partial charge in [0.15, 0.2) is 5.43 Å². The number of hydrogen-bond donors (Lipinski definition) is 1. The molecule has 0 bridgehead atoms. The summed E-state index contributed by atoms with van der Waals surface area (Å²) in [6.45, 7) is 2.46. The number of aromatic carboxylic acids is 1. The predicted octanol–water partition coefficient (Wildman–Crippen LogP) is 1.63. The summed E-state index contributed by atoms with van der Waals surface area (Å²) in [5.74, 6) is -1.21. The SMILES string of the molecule is CCn1cc(C(=O)O)c(=O)cc1-c1cccnc1. The molecule has 1 N–H and O–H groups in total. The molecule has 2 aromatic rings. The fraction of sp³-hybridized carbons (Fsp3) is 0.154. The molecule has 2 aromatic heterocycles. The minimum atomic E-state index is -1.21. The van der Waals surface area contributed by atoms with Gasteiger partial charge in [0.2, 0.25) is 0 Å². The molecule has 2 rings (SSSR count). The maximum absolute atomic E-state index is 11.7. The Morgan fingerprint density at radius 1 is 1.50 bits per heavy atom. The third-order valence-corrected chi connectivity index (χ3v) is 2.66. The van der Waals surface area contributed by atoms with Crippen LogP contribution in [-0.2, 0) is 6.54 Å². The summed E-state index contributed by atoms with van der Waals surface area (Å²) in [5.41, 5.74) is 0.740. The summed E-state index contributed by atoms with van der Waals surface area (Å²) in [6, 6.07) is 4.93. The van der Waals surface area contributed by atoms with E-state index in [0.717, 1.165) is 5.56 Å². The standard InChI is InChI=1S/C13H12N2O3/c1-2-15-8-10(13(17)18)12(16)6-11(15)9-4-3-5-14-7-9/h3-8H,2H2,1H3,(H,17,18).